The highest BCUT2D eigenvalue weighted by molar-refractivity contribution is 9.09. The molecule has 0 spiro atoms. The van der Waals surface area contributed by atoms with Gasteiger partial charge in [0, 0.05) is 17.1 Å². The molecule has 0 amide bonds. The summed E-state index contributed by atoms with van der Waals surface area (Å²) in [7, 11) is 0. The van der Waals surface area contributed by atoms with Crippen LogP contribution in [0.2, 0.25) is 5.15 Å². The zero-order valence-electron chi connectivity index (χ0n) is 8.82. The van der Waals surface area contributed by atoms with E-state index in [1.165, 1.54) is 6.42 Å². The summed E-state index contributed by atoms with van der Waals surface area (Å²) in [4.78, 5) is 0. The van der Waals surface area contributed by atoms with Gasteiger partial charge in [-0.3, -0.25) is 5.10 Å². The van der Waals surface area contributed by atoms with Crippen molar-refractivity contribution in [2.45, 2.75) is 13.3 Å². The van der Waals surface area contributed by atoms with Gasteiger partial charge in [0.25, 0.3) is 0 Å². The lowest BCUT2D eigenvalue weighted by atomic mass is 10.2. The summed E-state index contributed by atoms with van der Waals surface area (Å²) in [6.45, 7) is 2.13. The van der Waals surface area contributed by atoms with Crippen LogP contribution in [0.3, 0.4) is 0 Å². The molecule has 0 aromatic carbocycles. The number of halogens is 2. The Morgan fingerprint density at radius 1 is 1.38 bits per heavy atom. The second kappa shape index (κ2) is 7.35. The van der Waals surface area contributed by atoms with Crippen LogP contribution in [0, 0.1) is 0 Å². The van der Waals surface area contributed by atoms with Crippen molar-refractivity contribution in [2.75, 3.05) is 5.33 Å². The first-order chi connectivity index (χ1) is 7.77. The van der Waals surface area contributed by atoms with E-state index < -0.39 is 0 Å². The fourth-order valence-corrected chi connectivity index (χ4v) is 0.962. The van der Waals surface area contributed by atoms with Crippen molar-refractivity contribution in [3.8, 4) is 11.3 Å². The predicted octanol–water partition coefficient (Wildman–Crippen LogP) is 3.31. The van der Waals surface area contributed by atoms with Crippen molar-refractivity contribution < 1.29 is 0 Å². The summed E-state index contributed by atoms with van der Waals surface area (Å²) in [5.41, 5.74) is 1.66. The van der Waals surface area contributed by atoms with Crippen molar-refractivity contribution in [3.05, 3.63) is 29.7 Å². The molecule has 86 valence electrons. The van der Waals surface area contributed by atoms with Crippen LogP contribution in [-0.4, -0.2) is 25.7 Å². The fraction of sp³-hybridized carbons (Fsp3) is 0.300. The maximum atomic E-state index is 5.58. The van der Waals surface area contributed by atoms with Gasteiger partial charge in [0.15, 0.2) is 5.15 Å². The molecule has 16 heavy (non-hydrogen) atoms. The Labute approximate surface area is 108 Å². The van der Waals surface area contributed by atoms with E-state index in [0.717, 1.165) is 16.6 Å². The number of H-pyrrole nitrogens is 1. The molecular formula is C10H12BrClN4. The summed E-state index contributed by atoms with van der Waals surface area (Å²) in [6, 6.07) is 3.48. The van der Waals surface area contributed by atoms with E-state index in [1.807, 2.05) is 0 Å². The van der Waals surface area contributed by atoms with Gasteiger partial charge in [-0.15, -0.1) is 10.2 Å². The largest absolute Gasteiger partial charge is 0.285 e. The van der Waals surface area contributed by atoms with E-state index >= 15 is 0 Å². The molecule has 6 heteroatoms. The van der Waals surface area contributed by atoms with Gasteiger partial charge < -0.3 is 0 Å². The first-order valence-corrected chi connectivity index (χ1v) is 6.32. The lowest BCUT2D eigenvalue weighted by Crippen LogP contribution is -1.84. The zero-order valence-corrected chi connectivity index (χ0v) is 11.2. The number of rotatable bonds is 2. The van der Waals surface area contributed by atoms with Gasteiger partial charge in [-0.05, 0) is 18.6 Å². The maximum absolute atomic E-state index is 5.58. The Hall–Kier alpha value is -0.940. The number of hydrogen-bond donors (Lipinski definition) is 1. The number of hydrogen-bond acceptors (Lipinski definition) is 3. The SMILES string of the molecule is CCCBr.Clc1ccc(-c2cn[nH]c2)nn1. The van der Waals surface area contributed by atoms with Crippen LogP contribution in [0.1, 0.15) is 13.3 Å². The minimum Gasteiger partial charge on any atom is -0.285 e. The van der Waals surface area contributed by atoms with Crippen LogP contribution in [0.5, 0.6) is 0 Å². The van der Waals surface area contributed by atoms with Crippen LogP contribution in [0.15, 0.2) is 24.5 Å². The Morgan fingerprint density at radius 3 is 2.56 bits per heavy atom. The van der Waals surface area contributed by atoms with E-state index in [0.29, 0.717) is 5.15 Å². The third kappa shape index (κ3) is 4.28. The second-order valence-corrected chi connectivity index (χ2v) is 4.10. The van der Waals surface area contributed by atoms with Gasteiger partial charge in [-0.25, -0.2) is 0 Å². The van der Waals surface area contributed by atoms with E-state index in [1.54, 1.807) is 24.5 Å². The molecule has 0 saturated heterocycles. The minimum atomic E-state index is 0.391. The van der Waals surface area contributed by atoms with E-state index in [4.69, 9.17) is 11.6 Å². The molecule has 2 rings (SSSR count). The van der Waals surface area contributed by atoms with Crippen LogP contribution in [0.4, 0.5) is 0 Å². The van der Waals surface area contributed by atoms with Crippen LogP contribution < -0.4 is 0 Å². The number of nitrogens with one attached hydrogen (secondary N) is 1. The molecule has 0 atom stereocenters. The quantitative estimate of drug-likeness (QED) is 0.866. The highest BCUT2D eigenvalue weighted by atomic mass is 79.9. The number of alkyl halides is 1. The smallest absolute Gasteiger partial charge is 0.151 e. The van der Waals surface area contributed by atoms with Crippen molar-refractivity contribution in [1.29, 1.82) is 0 Å². The summed E-state index contributed by atoms with van der Waals surface area (Å²) in [5.74, 6) is 0. The van der Waals surface area contributed by atoms with Gasteiger partial charge in [-0.2, -0.15) is 5.10 Å². The normalized spacial score (nSPS) is 9.44. The third-order valence-corrected chi connectivity index (χ3v) is 2.61. The van der Waals surface area contributed by atoms with Crippen molar-refractivity contribution >= 4 is 27.5 Å². The molecule has 2 aromatic rings. The Bertz CT molecular complexity index is 386. The van der Waals surface area contributed by atoms with Crippen LogP contribution >= 0.6 is 27.5 Å². The molecule has 2 aromatic heterocycles. The first kappa shape index (κ1) is 13.1. The number of nitrogens with zero attached hydrogens (tertiary/aromatic N) is 3. The van der Waals surface area contributed by atoms with Gasteiger partial charge in [0.1, 0.15) is 0 Å². The van der Waals surface area contributed by atoms with Gasteiger partial charge in [-0.1, -0.05) is 34.5 Å². The lowest BCUT2D eigenvalue weighted by molar-refractivity contribution is 1.04. The number of aromatic amines is 1. The Balaban J connectivity index is 0.000000280. The van der Waals surface area contributed by atoms with Crippen LogP contribution in [-0.2, 0) is 0 Å². The second-order valence-electron chi connectivity index (χ2n) is 2.92. The highest BCUT2D eigenvalue weighted by Crippen LogP contribution is 2.14. The summed E-state index contributed by atoms with van der Waals surface area (Å²) in [5, 5.41) is 15.6. The van der Waals surface area contributed by atoms with E-state index in [2.05, 4.69) is 43.2 Å². The maximum Gasteiger partial charge on any atom is 0.151 e. The van der Waals surface area contributed by atoms with Crippen LogP contribution in [0.25, 0.3) is 11.3 Å². The highest BCUT2D eigenvalue weighted by Gasteiger charge is 1.99. The van der Waals surface area contributed by atoms with Crippen molar-refractivity contribution in [2.24, 2.45) is 0 Å². The van der Waals surface area contributed by atoms with Gasteiger partial charge in [0.05, 0.1) is 11.9 Å². The average Bonchev–Trinajstić information content (AvgIpc) is 2.84. The molecule has 0 unspecified atom stereocenters. The van der Waals surface area contributed by atoms with Crippen molar-refractivity contribution in [3.63, 3.8) is 0 Å². The first-order valence-electron chi connectivity index (χ1n) is 4.82. The molecule has 0 radical (unpaired) electrons. The molecule has 2 heterocycles. The van der Waals surface area contributed by atoms with Gasteiger partial charge in [0.2, 0.25) is 0 Å². The molecule has 1 N–H and O–H groups in total. The van der Waals surface area contributed by atoms with Crippen molar-refractivity contribution in [1.82, 2.24) is 20.4 Å². The fourth-order valence-electron chi connectivity index (χ4n) is 0.861. The third-order valence-electron chi connectivity index (χ3n) is 1.61. The number of aromatic nitrogens is 4. The summed E-state index contributed by atoms with van der Waals surface area (Å²) in [6.07, 6.45) is 4.66. The summed E-state index contributed by atoms with van der Waals surface area (Å²) < 4.78 is 0. The zero-order chi connectivity index (χ0) is 11.8. The molecule has 0 bridgehead atoms. The van der Waals surface area contributed by atoms with E-state index in [9.17, 15) is 0 Å². The molecule has 0 saturated carbocycles. The Kier molecular flexibility index (Phi) is 6.03. The predicted molar refractivity (Wildman–Crippen MR) is 68.7 cm³/mol. The topological polar surface area (TPSA) is 54.5 Å². The lowest BCUT2D eigenvalue weighted by Gasteiger charge is -1.92. The van der Waals surface area contributed by atoms with Gasteiger partial charge >= 0.3 is 0 Å². The molecular weight excluding hydrogens is 291 g/mol. The molecule has 0 aliphatic rings. The standard InChI is InChI=1S/C7H5ClN4.C3H7Br/c8-7-2-1-6(11-12-7)5-3-9-10-4-5;1-2-3-4/h1-4H,(H,9,10);2-3H2,1H3. The molecule has 0 aliphatic carbocycles. The monoisotopic (exact) mass is 302 g/mol. The minimum absolute atomic E-state index is 0.391. The molecule has 4 nitrogen and oxygen atoms in total. The Morgan fingerprint density at radius 2 is 2.12 bits per heavy atom. The molecule has 0 aliphatic heterocycles. The van der Waals surface area contributed by atoms with E-state index in [-0.39, 0.29) is 0 Å². The average molecular weight is 304 g/mol. The summed E-state index contributed by atoms with van der Waals surface area (Å²) >= 11 is 8.82. The molecule has 0 fully saturated rings.